The minimum Gasteiger partial charge on any atom is -0.330 e. The summed E-state index contributed by atoms with van der Waals surface area (Å²) in [5.41, 5.74) is 6.71. The first-order valence-corrected chi connectivity index (χ1v) is 5.72. The predicted octanol–water partition coefficient (Wildman–Crippen LogP) is 2.27. The lowest BCUT2D eigenvalue weighted by Crippen LogP contribution is -2.08. The van der Waals surface area contributed by atoms with E-state index in [1.165, 1.54) is 0 Å². The van der Waals surface area contributed by atoms with Gasteiger partial charge in [0.25, 0.3) is 0 Å². The molecule has 0 fully saturated rings. The van der Waals surface area contributed by atoms with Gasteiger partial charge >= 0.3 is 0 Å². The molecule has 78 valence electrons. The average Bonchev–Trinajstić information content (AvgIpc) is 2.78. The van der Waals surface area contributed by atoms with E-state index in [0.29, 0.717) is 12.5 Å². The fourth-order valence-electron chi connectivity index (χ4n) is 1.23. The number of aromatic nitrogens is 2. The van der Waals surface area contributed by atoms with Gasteiger partial charge in [-0.1, -0.05) is 48.6 Å². The number of nitrogens with zero attached hydrogens (tertiary/aromatic N) is 2. The number of benzene rings is 1. The van der Waals surface area contributed by atoms with Crippen molar-refractivity contribution in [2.75, 3.05) is 6.54 Å². The van der Waals surface area contributed by atoms with E-state index in [4.69, 9.17) is 5.73 Å². The second-order valence-corrected chi connectivity index (χ2v) is 4.46. The van der Waals surface area contributed by atoms with Crippen molar-refractivity contribution in [2.24, 2.45) is 5.73 Å². The third kappa shape index (κ3) is 2.22. The molecule has 1 aromatic heterocycles. The summed E-state index contributed by atoms with van der Waals surface area (Å²) in [6, 6.07) is 10.1. The molecule has 0 radical (unpaired) electrons. The molecule has 0 bridgehead atoms. The molecule has 1 heterocycles. The highest BCUT2D eigenvalue weighted by Gasteiger charge is 2.10. The lowest BCUT2D eigenvalue weighted by molar-refractivity contribution is 0.751. The molecule has 0 spiro atoms. The van der Waals surface area contributed by atoms with Gasteiger partial charge in [-0.2, -0.15) is 0 Å². The fourth-order valence-corrected chi connectivity index (χ4v) is 2.14. The van der Waals surface area contributed by atoms with Crippen LogP contribution in [-0.4, -0.2) is 16.7 Å². The molecular weight excluding hydrogens is 206 g/mol. The number of nitrogens with two attached hydrogens (primary N) is 1. The zero-order valence-electron chi connectivity index (χ0n) is 8.55. The molecule has 0 saturated carbocycles. The molecule has 0 amide bonds. The van der Waals surface area contributed by atoms with Gasteiger partial charge in [0, 0.05) is 18.0 Å². The Kier molecular flexibility index (Phi) is 3.08. The van der Waals surface area contributed by atoms with E-state index in [1.807, 2.05) is 30.3 Å². The predicted molar refractivity (Wildman–Crippen MR) is 62.8 cm³/mol. The standard InChI is InChI=1S/C11H13N3S/c1-8(7-12)10-13-14-11(15-10)9-5-3-2-4-6-9/h2-6,8H,7,12H2,1H3. The molecule has 15 heavy (non-hydrogen) atoms. The van der Waals surface area contributed by atoms with Crippen LogP contribution in [0.2, 0.25) is 0 Å². The Balaban J connectivity index is 2.28. The number of hydrogen-bond donors (Lipinski definition) is 1. The van der Waals surface area contributed by atoms with E-state index in [-0.39, 0.29) is 0 Å². The first-order chi connectivity index (χ1) is 7.31. The zero-order chi connectivity index (χ0) is 10.7. The number of hydrogen-bond acceptors (Lipinski definition) is 4. The fraction of sp³-hybridized carbons (Fsp3) is 0.273. The molecule has 0 aliphatic carbocycles. The SMILES string of the molecule is CC(CN)c1nnc(-c2ccccc2)s1. The lowest BCUT2D eigenvalue weighted by Gasteiger charge is -2.00. The van der Waals surface area contributed by atoms with Crippen LogP contribution >= 0.6 is 11.3 Å². The molecule has 1 atom stereocenters. The van der Waals surface area contributed by atoms with Crippen molar-refractivity contribution in [3.8, 4) is 10.6 Å². The molecule has 3 nitrogen and oxygen atoms in total. The summed E-state index contributed by atoms with van der Waals surface area (Å²) < 4.78 is 0. The summed E-state index contributed by atoms with van der Waals surface area (Å²) in [6.45, 7) is 2.68. The van der Waals surface area contributed by atoms with Crippen LogP contribution in [0.1, 0.15) is 17.8 Å². The molecule has 2 rings (SSSR count). The highest BCUT2D eigenvalue weighted by Crippen LogP contribution is 2.26. The smallest absolute Gasteiger partial charge is 0.147 e. The third-order valence-electron chi connectivity index (χ3n) is 2.24. The Morgan fingerprint density at radius 2 is 2.00 bits per heavy atom. The van der Waals surface area contributed by atoms with E-state index >= 15 is 0 Å². The topological polar surface area (TPSA) is 51.8 Å². The van der Waals surface area contributed by atoms with Crippen LogP contribution in [0.25, 0.3) is 10.6 Å². The minimum absolute atomic E-state index is 0.292. The van der Waals surface area contributed by atoms with Gasteiger partial charge in [-0.05, 0) is 0 Å². The Morgan fingerprint density at radius 1 is 1.27 bits per heavy atom. The quantitative estimate of drug-likeness (QED) is 0.861. The number of rotatable bonds is 3. The van der Waals surface area contributed by atoms with E-state index in [2.05, 4.69) is 17.1 Å². The average molecular weight is 219 g/mol. The van der Waals surface area contributed by atoms with Gasteiger partial charge in [0.2, 0.25) is 0 Å². The maximum Gasteiger partial charge on any atom is 0.147 e. The van der Waals surface area contributed by atoms with Gasteiger partial charge < -0.3 is 5.73 Å². The van der Waals surface area contributed by atoms with Crippen LogP contribution in [0.4, 0.5) is 0 Å². The molecule has 2 aromatic rings. The molecule has 2 N–H and O–H groups in total. The van der Waals surface area contributed by atoms with Crippen molar-refractivity contribution in [1.82, 2.24) is 10.2 Å². The molecule has 0 aliphatic heterocycles. The Labute approximate surface area is 93.0 Å². The molecular formula is C11H13N3S. The van der Waals surface area contributed by atoms with Gasteiger partial charge in [0.15, 0.2) is 0 Å². The normalized spacial score (nSPS) is 12.7. The van der Waals surface area contributed by atoms with Crippen molar-refractivity contribution in [2.45, 2.75) is 12.8 Å². The molecule has 1 aromatic carbocycles. The van der Waals surface area contributed by atoms with Crippen LogP contribution < -0.4 is 5.73 Å². The summed E-state index contributed by atoms with van der Waals surface area (Å²) in [4.78, 5) is 0. The van der Waals surface area contributed by atoms with Crippen molar-refractivity contribution >= 4 is 11.3 Å². The summed E-state index contributed by atoms with van der Waals surface area (Å²) in [7, 11) is 0. The minimum atomic E-state index is 0.292. The van der Waals surface area contributed by atoms with Crippen LogP contribution in [0.15, 0.2) is 30.3 Å². The van der Waals surface area contributed by atoms with E-state index in [0.717, 1.165) is 15.6 Å². The van der Waals surface area contributed by atoms with E-state index < -0.39 is 0 Å². The largest absolute Gasteiger partial charge is 0.330 e. The Bertz CT molecular complexity index is 424. The molecule has 4 heteroatoms. The summed E-state index contributed by atoms with van der Waals surface area (Å²) in [6.07, 6.45) is 0. The highest BCUT2D eigenvalue weighted by molar-refractivity contribution is 7.14. The lowest BCUT2D eigenvalue weighted by atomic mass is 10.2. The van der Waals surface area contributed by atoms with Gasteiger partial charge in [0.1, 0.15) is 10.0 Å². The maximum absolute atomic E-state index is 5.59. The first-order valence-electron chi connectivity index (χ1n) is 4.90. The van der Waals surface area contributed by atoms with Crippen molar-refractivity contribution in [3.63, 3.8) is 0 Å². The first kappa shape index (κ1) is 10.3. The van der Waals surface area contributed by atoms with Crippen LogP contribution in [0.3, 0.4) is 0 Å². The zero-order valence-corrected chi connectivity index (χ0v) is 9.37. The summed E-state index contributed by atoms with van der Waals surface area (Å²) in [5.74, 6) is 0.292. The van der Waals surface area contributed by atoms with Gasteiger partial charge in [0.05, 0.1) is 0 Å². The van der Waals surface area contributed by atoms with E-state index in [1.54, 1.807) is 11.3 Å². The third-order valence-corrected chi connectivity index (χ3v) is 3.44. The van der Waals surface area contributed by atoms with Gasteiger partial charge in [-0.3, -0.25) is 0 Å². The molecule has 0 saturated heterocycles. The molecule has 1 unspecified atom stereocenters. The van der Waals surface area contributed by atoms with Crippen LogP contribution in [-0.2, 0) is 0 Å². The Hall–Kier alpha value is -1.26. The second kappa shape index (κ2) is 4.51. The van der Waals surface area contributed by atoms with Crippen LogP contribution in [0.5, 0.6) is 0 Å². The van der Waals surface area contributed by atoms with Crippen molar-refractivity contribution in [3.05, 3.63) is 35.3 Å². The second-order valence-electron chi connectivity index (χ2n) is 3.45. The molecule has 0 aliphatic rings. The summed E-state index contributed by atoms with van der Waals surface area (Å²) >= 11 is 1.62. The van der Waals surface area contributed by atoms with E-state index in [9.17, 15) is 0 Å². The monoisotopic (exact) mass is 219 g/mol. The van der Waals surface area contributed by atoms with Crippen LogP contribution in [0, 0.1) is 0 Å². The van der Waals surface area contributed by atoms with Gasteiger partial charge in [-0.15, -0.1) is 10.2 Å². The van der Waals surface area contributed by atoms with Crippen molar-refractivity contribution in [1.29, 1.82) is 0 Å². The van der Waals surface area contributed by atoms with Crippen molar-refractivity contribution < 1.29 is 0 Å². The Morgan fingerprint density at radius 3 is 2.67 bits per heavy atom. The maximum atomic E-state index is 5.59. The highest BCUT2D eigenvalue weighted by atomic mass is 32.1. The summed E-state index contributed by atoms with van der Waals surface area (Å²) in [5, 5.41) is 10.3. The van der Waals surface area contributed by atoms with Gasteiger partial charge in [-0.25, -0.2) is 0 Å².